The summed E-state index contributed by atoms with van der Waals surface area (Å²) in [7, 11) is 0. The highest BCUT2D eigenvalue weighted by molar-refractivity contribution is 14.1. The van der Waals surface area contributed by atoms with Gasteiger partial charge in [-0.1, -0.05) is 48.6 Å². The number of ether oxygens (including phenoxy) is 1. The zero-order valence-corrected chi connectivity index (χ0v) is 23.3. The molecule has 0 saturated heterocycles. The van der Waals surface area contributed by atoms with E-state index in [9.17, 15) is 24.0 Å². The molecular weight excluding hydrogens is 579 g/mol. The van der Waals surface area contributed by atoms with Crippen LogP contribution in [0.4, 0.5) is 10.5 Å². The third-order valence-corrected chi connectivity index (χ3v) is 6.26. The first-order valence-electron chi connectivity index (χ1n) is 12.0. The second kappa shape index (κ2) is 17.0. The quantitative estimate of drug-likeness (QED) is 0.164. The summed E-state index contributed by atoms with van der Waals surface area (Å²) in [4.78, 5) is 60.6. The minimum Gasteiger partial charge on any atom is -0.445 e. The number of nitrogens with two attached hydrogens (primary N) is 1. The molecule has 0 radical (unpaired) electrons. The van der Waals surface area contributed by atoms with E-state index >= 15 is 0 Å². The van der Waals surface area contributed by atoms with Crippen LogP contribution in [0.3, 0.4) is 0 Å². The van der Waals surface area contributed by atoms with Crippen LogP contribution >= 0.6 is 22.6 Å². The molecule has 0 aliphatic carbocycles. The fourth-order valence-electron chi connectivity index (χ4n) is 3.22. The van der Waals surface area contributed by atoms with Crippen molar-refractivity contribution in [3.05, 3.63) is 29.8 Å². The molecule has 1 aromatic rings. The maximum Gasteiger partial charge on any atom is 0.407 e. The molecule has 0 saturated carbocycles. The van der Waals surface area contributed by atoms with E-state index in [0.29, 0.717) is 36.0 Å². The lowest BCUT2D eigenvalue weighted by molar-refractivity contribution is -0.133. The minimum atomic E-state index is -0.815. The van der Waals surface area contributed by atoms with Crippen LogP contribution in [0.1, 0.15) is 52.0 Å². The Bertz CT molecular complexity index is 891. The Hall–Kier alpha value is -2.54. The van der Waals surface area contributed by atoms with Gasteiger partial charge in [0.05, 0.1) is 4.43 Å². The van der Waals surface area contributed by atoms with Crippen LogP contribution < -0.4 is 21.7 Å². The molecule has 0 aliphatic heterocycles. The van der Waals surface area contributed by atoms with Gasteiger partial charge in [-0.2, -0.15) is 0 Å². The third kappa shape index (κ3) is 12.4. The highest BCUT2D eigenvalue weighted by Crippen LogP contribution is 2.18. The molecule has 10 nitrogen and oxygen atoms in total. The summed E-state index contributed by atoms with van der Waals surface area (Å²) in [5, 5.41) is 7.93. The van der Waals surface area contributed by atoms with E-state index in [-0.39, 0.29) is 42.8 Å². The Morgan fingerprint density at radius 1 is 0.972 bits per heavy atom. The van der Waals surface area contributed by atoms with Crippen molar-refractivity contribution in [1.82, 2.24) is 10.6 Å². The van der Waals surface area contributed by atoms with E-state index in [2.05, 4.69) is 16.0 Å². The van der Waals surface area contributed by atoms with Gasteiger partial charge in [0.2, 0.25) is 11.8 Å². The van der Waals surface area contributed by atoms with Gasteiger partial charge in [0.15, 0.2) is 0 Å². The molecule has 0 aromatic heterocycles. The number of benzene rings is 1. The van der Waals surface area contributed by atoms with Crippen LogP contribution in [0.15, 0.2) is 24.3 Å². The number of halogens is 1. The summed E-state index contributed by atoms with van der Waals surface area (Å²) in [6.45, 7) is 6.00. The summed E-state index contributed by atoms with van der Waals surface area (Å²) >= 11 is 2.00. The van der Waals surface area contributed by atoms with Gasteiger partial charge in [-0.25, -0.2) is 4.79 Å². The molecule has 36 heavy (non-hydrogen) atoms. The van der Waals surface area contributed by atoms with E-state index in [1.54, 1.807) is 31.2 Å². The Balaban J connectivity index is 2.55. The van der Waals surface area contributed by atoms with Crippen LogP contribution in [-0.2, 0) is 30.5 Å². The second-order valence-corrected chi connectivity index (χ2v) is 9.59. The molecular formula is C25H37IN4O6. The normalized spacial score (nSPS) is 12.4. The van der Waals surface area contributed by atoms with Gasteiger partial charge in [0.1, 0.15) is 24.2 Å². The SMILES string of the molecule is CC(C)[C@H](CC(=O)CCCC(=O)CI)C(=O)N[C@@H](C)C(=O)Nc1ccc(COC(=O)NCCN)cc1. The van der Waals surface area contributed by atoms with Crippen LogP contribution in [0.2, 0.25) is 0 Å². The average Bonchev–Trinajstić information content (AvgIpc) is 2.84. The maximum absolute atomic E-state index is 12.8. The molecule has 1 aromatic carbocycles. The number of alkyl carbamates (subject to hydrolysis) is 1. The monoisotopic (exact) mass is 616 g/mol. The molecule has 5 N–H and O–H groups in total. The molecule has 3 amide bonds. The number of carbonyl (C=O) groups excluding carboxylic acids is 5. The van der Waals surface area contributed by atoms with Crippen molar-refractivity contribution in [3.8, 4) is 0 Å². The molecule has 1 rings (SSSR count). The first-order chi connectivity index (χ1) is 17.1. The standard InChI is InChI=1S/C25H37IN4O6/c1-16(2)22(13-20(31)5-4-6-21(32)14-26)24(34)29-17(3)23(33)30-19-9-7-18(8-10-19)15-36-25(35)28-12-11-27/h7-10,16-17,22H,4-6,11-15,27H2,1-3H3,(H,28,35)(H,29,34)(H,30,33)/t17-,22-/m0/s1. The topological polar surface area (TPSA) is 157 Å². The van der Waals surface area contributed by atoms with E-state index < -0.39 is 24.0 Å². The van der Waals surface area contributed by atoms with E-state index in [4.69, 9.17) is 10.5 Å². The smallest absolute Gasteiger partial charge is 0.407 e. The number of amides is 3. The summed E-state index contributed by atoms with van der Waals surface area (Å²) in [6, 6.07) is 5.94. The Labute approximate surface area is 226 Å². The fraction of sp³-hybridized carbons (Fsp3) is 0.560. The predicted molar refractivity (Wildman–Crippen MR) is 146 cm³/mol. The third-order valence-electron chi connectivity index (χ3n) is 5.41. The number of anilines is 1. The number of rotatable bonds is 16. The maximum atomic E-state index is 12.8. The van der Waals surface area contributed by atoms with Crippen LogP contribution in [0.25, 0.3) is 0 Å². The molecule has 0 spiro atoms. The van der Waals surface area contributed by atoms with Crippen molar-refractivity contribution in [2.75, 3.05) is 22.8 Å². The number of Topliss-reactive ketones (excluding diaryl/α,β-unsaturated/α-hetero) is 2. The first-order valence-corrected chi connectivity index (χ1v) is 13.5. The van der Waals surface area contributed by atoms with E-state index in [1.165, 1.54) is 0 Å². The molecule has 0 heterocycles. The Morgan fingerprint density at radius 3 is 2.19 bits per heavy atom. The van der Waals surface area contributed by atoms with Crippen molar-refractivity contribution in [2.24, 2.45) is 17.6 Å². The van der Waals surface area contributed by atoms with Gasteiger partial charge >= 0.3 is 6.09 Å². The van der Waals surface area contributed by atoms with Crippen molar-refractivity contribution >= 4 is 57.8 Å². The minimum absolute atomic E-state index is 0.0665. The van der Waals surface area contributed by atoms with Gasteiger partial charge in [-0.15, -0.1) is 0 Å². The van der Waals surface area contributed by atoms with Gasteiger partial charge in [-0.05, 0) is 37.0 Å². The van der Waals surface area contributed by atoms with Gasteiger partial charge < -0.3 is 26.4 Å². The van der Waals surface area contributed by atoms with Crippen molar-refractivity contribution < 1.29 is 28.7 Å². The summed E-state index contributed by atoms with van der Waals surface area (Å²) in [5.74, 6) is -1.37. The fourth-order valence-corrected chi connectivity index (χ4v) is 3.60. The number of ketones is 2. The lowest BCUT2D eigenvalue weighted by Crippen LogP contribution is -2.45. The molecule has 200 valence electrons. The lowest BCUT2D eigenvalue weighted by atomic mass is 9.88. The van der Waals surface area contributed by atoms with Crippen LogP contribution in [0, 0.1) is 11.8 Å². The zero-order chi connectivity index (χ0) is 27.1. The van der Waals surface area contributed by atoms with E-state index in [0.717, 1.165) is 5.56 Å². The highest BCUT2D eigenvalue weighted by atomic mass is 127. The van der Waals surface area contributed by atoms with Crippen molar-refractivity contribution in [3.63, 3.8) is 0 Å². The number of alkyl halides is 1. The van der Waals surface area contributed by atoms with Gasteiger partial charge in [0, 0.05) is 44.0 Å². The van der Waals surface area contributed by atoms with Gasteiger partial charge in [0.25, 0.3) is 0 Å². The highest BCUT2D eigenvalue weighted by Gasteiger charge is 2.27. The summed E-state index contributed by atoms with van der Waals surface area (Å²) in [6.07, 6.45) is 0.620. The first kappa shape index (κ1) is 31.5. The second-order valence-electron chi connectivity index (χ2n) is 8.83. The predicted octanol–water partition coefficient (Wildman–Crippen LogP) is 2.72. The van der Waals surface area contributed by atoms with E-state index in [1.807, 2.05) is 36.4 Å². The molecule has 0 unspecified atom stereocenters. The number of hydrogen-bond donors (Lipinski definition) is 4. The number of hydrogen-bond acceptors (Lipinski definition) is 7. The number of carbonyl (C=O) groups is 5. The van der Waals surface area contributed by atoms with Crippen molar-refractivity contribution in [1.29, 1.82) is 0 Å². The Morgan fingerprint density at radius 2 is 1.61 bits per heavy atom. The molecule has 0 bridgehead atoms. The van der Waals surface area contributed by atoms with Gasteiger partial charge in [-0.3, -0.25) is 19.2 Å². The zero-order valence-electron chi connectivity index (χ0n) is 21.1. The molecule has 0 fully saturated rings. The largest absolute Gasteiger partial charge is 0.445 e. The molecule has 2 atom stereocenters. The van der Waals surface area contributed by atoms with Crippen molar-refractivity contribution in [2.45, 2.75) is 59.1 Å². The molecule has 11 heteroatoms. The summed E-state index contributed by atoms with van der Waals surface area (Å²) in [5.41, 5.74) is 6.57. The summed E-state index contributed by atoms with van der Waals surface area (Å²) < 4.78 is 5.49. The average molecular weight is 616 g/mol. The lowest BCUT2D eigenvalue weighted by Gasteiger charge is -2.22. The molecule has 0 aliphatic rings. The number of nitrogens with one attached hydrogen (secondary N) is 3. The van der Waals surface area contributed by atoms with Crippen LogP contribution in [0.5, 0.6) is 0 Å². The Kier molecular flexibility index (Phi) is 14.9. The van der Waals surface area contributed by atoms with Crippen LogP contribution in [-0.4, -0.2) is 53.0 Å².